The van der Waals surface area contributed by atoms with E-state index < -0.39 is 0 Å². The van der Waals surface area contributed by atoms with E-state index in [4.69, 9.17) is 10.5 Å². The molecule has 1 aromatic carbocycles. The molecule has 62 valence electrons. The highest BCUT2D eigenvalue weighted by molar-refractivity contribution is 6.35. The van der Waals surface area contributed by atoms with Gasteiger partial charge in [-0.25, -0.2) is 0 Å². The van der Waals surface area contributed by atoms with E-state index >= 15 is 0 Å². The fourth-order valence-corrected chi connectivity index (χ4v) is 1.17. The Balaban J connectivity index is 3.33. The Kier molecular flexibility index (Phi) is 2.43. The minimum Gasteiger partial charge on any atom is -0.495 e. The van der Waals surface area contributed by atoms with Gasteiger partial charge in [0.15, 0.2) is 0 Å². The number of methoxy groups -OCH3 is 1. The van der Waals surface area contributed by atoms with E-state index in [0.29, 0.717) is 11.4 Å². The maximum atomic E-state index is 5.81. The fraction of sp³-hybridized carbons (Fsp3) is 0.111. The van der Waals surface area contributed by atoms with E-state index in [-0.39, 0.29) is 0 Å². The maximum absolute atomic E-state index is 5.81. The molecule has 3 heteroatoms. The van der Waals surface area contributed by atoms with Crippen LogP contribution in [0.1, 0.15) is 5.56 Å². The molecule has 0 aliphatic carbocycles. The SMILES string of the molecule is Bc1ccc(OC)c(N)c1C=C. The van der Waals surface area contributed by atoms with Crippen LogP contribution in [-0.4, -0.2) is 15.0 Å². The zero-order valence-electron chi connectivity index (χ0n) is 7.42. The summed E-state index contributed by atoms with van der Waals surface area (Å²) in [7, 11) is 3.60. The second-order valence-electron chi connectivity index (χ2n) is 2.62. The number of nitrogen functional groups attached to an aromatic ring is 1. The van der Waals surface area contributed by atoms with Crippen molar-refractivity contribution >= 4 is 25.1 Å². The summed E-state index contributed by atoms with van der Waals surface area (Å²) < 4.78 is 5.07. The van der Waals surface area contributed by atoms with Gasteiger partial charge in [-0.1, -0.05) is 24.2 Å². The number of ether oxygens (including phenoxy) is 1. The molecule has 12 heavy (non-hydrogen) atoms. The van der Waals surface area contributed by atoms with Crippen molar-refractivity contribution in [3.8, 4) is 5.75 Å². The van der Waals surface area contributed by atoms with E-state index in [1.807, 2.05) is 20.0 Å². The van der Waals surface area contributed by atoms with E-state index in [0.717, 1.165) is 11.0 Å². The Bertz CT molecular complexity index is 310. The van der Waals surface area contributed by atoms with Gasteiger partial charge in [0.05, 0.1) is 12.8 Å². The van der Waals surface area contributed by atoms with Crippen molar-refractivity contribution in [1.82, 2.24) is 0 Å². The van der Waals surface area contributed by atoms with Gasteiger partial charge in [-0.3, -0.25) is 0 Å². The second-order valence-corrected chi connectivity index (χ2v) is 2.62. The Morgan fingerprint density at radius 3 is 2.75 bits per heavy atom. The number of rotatable bonds is 2. The van der Waals surface area contributed by atoms with Crippen LogP contribution in [0.25, 0.3) is 6.08 Å². The first-order valence-electron chi connectivity index (χ1n) is 3.76. The molecular formula is C9H12BNO. The molecule has 0 amide bonds. The van der Waals surface area contributed by atoms with Crippen LogP contribution in [0, 0.1) is 0 Å². The maximum Gasteiger partial charge on any atom is 0.142 e. The summed E-state index contributed by atoms with van der Waals surface area (Å²) in [5, 5.41) is 0. The molecular weight excluding hydrogens is 149 g/mol. The molecule has 0 spiro atoms. The summed E-state index contributed by atoms with van der Waals surface area (Å²) in [6.07, 6.45) is 1.74. The molecule has 0 fully saturated rings. The summed E-state index contributed by atoms with van der Waals surface area (Å²) in [5.74, 6) is 0.704. The lowest BCUT2D eigenvalue weighted by Crippen LogP contribution is -2.10. The van der Waals surface area contributed by atoms with Crippen molar-refractivity contribution in [3.63, 3.8) is 0 Å². The summed E-state index contributed by atoms with van der Waals surface area (Å²) in [6, 6.07) is 3.82. The van der Waals surface area contributed by atoms with E-state index in [2.05, 4.69) is 6.58 Å². The van der Waals surface area contributed by atoms with Gasteiger partial charge in [-0.05, 0) is 11.6 Å². The monoisotopic (exact) mass is 161 g/mol. The molecule has 2 nitrogen and oxygen atoms in total. The second kappa shape index (κ2) is 3.35. The third kappa shape index (κ3) is 1.30. The highest BCUT2D eigenvalue weighted by Crippen LogP contribution is 2.23. The molecule has 0 unspecified atom stereocenters. The van der Waals surface area contributed by atoms with Gasteiger partial charge < -0.3 is 10.5 Å². The third-order valence-electron chi connectivity index (χ3n) is 1.89. The van der Waals surface area contributed by atoms with Crippen molar-refractivity contribution in [2.45, 2.75) is 0 Å². The van der Waals surface area contributed by atoms with Crippen LogP contribution in [-0.2, 0) is 0 Å². The first-order valence-corrected chi connectivity index (χ1v) is 3.76. The van der Waals surface area contributed by atoms with Gasteiger partial charge in [0.25, 0.3) is 0 Å². The van der Waals surface area contributed by atoms with Crippen LogP contribution in [0.3, 0.4) is 0 Å². The van der Waals surface area contributed by atoms with Crippen molar-refractivity contribution in [1.29, 1.82) is 0 Å². The van der Waals surface area contributed by atoms with Gasteiger partial charge in [0.2, 0.25) is 0 Å². The normalized spacial score (nSPS) is 9.42. The Labute approximate surface area is 73.4 Å². The van der Waals surface area contributed by atoms with Crippen LogP contribution in [0.15, 0.2) is 18.7 Å². The van der Waals surface area contributed by atoms with Gasteiger partial charge in [-0.15, -0.1) is 0 Å². The number of nitrogens with two attached hydrogens (primary N) is 1. The van der Waals surface area contributed by atoms with Crippen LogP contribution in [0.4, 0.5) is 5.69 Å². The van der Waals surface area contributed by atoms with Crippen molar-refractivity contribution < 1.29 is 4.74 Å². The molecule has 1 rings (SSSR count). The minimum atomic E-state index is 0.660. The third-order valence-corrected chi connectivity index (χ3v) is 1.89. The van der Waals surface area contributed by atoms with Crippen LogP contribution in [0.2, 0.25) is 0 Å². The standard InChI is InChI=1S/C9H12BNO/c1-3-6-7(10)4-5-8(12-2)9(6)11/h3-5H,1,10-11H2,2H3. The number of anilines is 1. The lowest BCUT2D eigenvalue weighted by Gasteiger charge is -2.09. The molecule has 0 radical (unpaired) electrons. The molecule has 0 aromatic heterocycles. The van der Waals surface area contributed by atoms with Crippen molar-refractivity contribution in [3.05, 3.63) is 24.3 Å². The Morgan fingerprint density at radius 1 is 1.58 bits per heavy atom. The molecule has 0 bridgehead atoms. The molecule has 0 saturated carbocycles. The predicted molar refractivity (Wildman–Crippen MR) is 55.7 cm³/mol. The van der Waals surface area contributed by atoms with E-state index in [9.17, 15) is 0 Å². The van der Waals surface area contributed by atoms with E-state index in [1.54, 1.807) is 13.2 Å². The molecule has 2 N–H and O–H groups in total. The molecule has 0 aliphatic heterocycles. The van der Waals surface area contributed by atoms with Crippen LogP contribution in [0.5, 0.6) is 5.75 Å². The first-order chi connectivity index (χ1) is 5.70. The predicted octanol–water partition coefficient (Wildman–Crippen LogP) is 0.179. The number of hydrogen-bond acceptors (Lipinski definition) is 2. The van der Waals surface area contributed by atoms with Gasteiger partial charge >= 0.3 is 0 Å². The summed E-state index contributed by atoms with van der Waals surface area (Å²) in [4.78, 5) is 0. The smallest absolute Gasteiger partial charge is 0.142 e. The summed E-state index contributed by atoms with van der Waals surface area (Å²) >= 11 is 0. The topological polar surface area (TPSA) is 35.2 Å². The molecule has 0 heterocycles. The lowest BCUT2D eigenvalue weighted by molar-refractivity contribution is 0.417. The van der Waals surface area contributed by atoms with Gasteiger partial charge in [0, 0.05) is 0 Å². The number of hydrogen-bond donors (Lipinski definition) is 1. The van der Waals surface area contributed by atoms with Crippen molar-refractivity contribution in [2.75, 3.05) is 12.8 Å². The van der Waals surface area contributed by atoms with Crippen LogP contribution < -0.4 is 15.9 Å². The summed E-state index contributed by atoms with van der Waals surface area (Å²) in [6.45, 7) is 3.69. The fourth-order valence-electron chi connectivity index (χ4n) is 1.17. The van der Waals surface area contributed by atoms with Crippen molar-refractivity contribution in [2.24, 2.45) is 0 Å². The minimum absolute atomic E-state index is 0.660. The van der Waals surface area contributed by atoms with Gasteiger partial charge in [0.1, 0.15) is 13.6 Å². The molecule has 0 saturated heterocycles. The lowest BCUT2D eigenvalue weighted by atomic mass is 9.89. The highest BCUT2D eigenvalue weighted by Gasteiger charge is 2.04. The Hall–Kier alpha value is -1.38. The van der Waals surface area contributed by atoms with Gasteiger partial charge in [-0.2, -0.15) is 0 Å². The summed E-state index contributed by atoms with van der Waals surface area (Å²) in [5.41, 5.74) is 8.54. The Morgan fingerprint density at radius 2 is 2.25 bits per heavy atom. The highest BCUT2D eigenvalue weighted by atomic mass is 16.5. The first kappa shape index (κ1) is 8.72. The zero-order valence-corrected chi connectivity index (χ0v) is 7.42. The quantitative estimate of drug-likeness (QED) is 0.496. The molecule has 0 atom stereocenters. The average molecular weight is 161 g/mol. The van der Waals surface area contributed by atoms with Crippen LogP contribution >= 0.6 is 0 Å². The number of benzene rings is 1. The molecule has 1 aromatic rings. The van der Waals surface area contributed by atoms with E-state index in [1.165, 1.54) is 0 Å². The largest absolute Gasteiger partial charge is 0.495 e. The molecule has 0 aliphatic rings. The zero-order chi connectivity index (χ0) is 9.14. The average Bonchev–Trinajstić information content (AvgIpc) is 2.06.